The lowest BCUT2D eigenvalue weighted by Crippen LogP contribution is -2.08. The molecule has 1 amide bonds. The van der Waals surface area contributed by atoms with Gasteiger partial charge >= 0.3 is 0 Å². The van der Waals surface area contributed by atoms with Crippen LogP contribution in [0.3, 0.4) is 0 Å². The van der Waals surface area contributed by atoms with Crippen LogP contribution in [0.4, 0.5) is 5.69 Å². The number of ether oxygens (including phenoxy) is 1. The molecule has 0 unspecified atom stereocenters. The Labute approximate surface area is 144 Å². The van der Waals surface area contributed by atoms with Gasteiger partial charge in [0.05, 0.1) is 13.2 Å². The number of carbonyl (C=O) groups excluding carboxylic acids is 1. The van der Waals surface area contributed by atoms with Crippen molar-refractivity contribution in [2.24, 2.45) is 0 Å². The molecule has 0 radical (unpaired) electrons. The molecule has 3 rings (SSSR count). The highest BCUT2D eigenvalue weighted by Crippen LogP contribution is 2.23. The van der Waals surface area contributed by atoms with Crippen LogP contribution in [0.1, 0.15) is 18.4 Å². The third kappa shape index (κ3) is 4.05. The molecule has 0 aliphatic carbocycles. The van der Waals surface area contributed by atoms with Gasteiger partial charge in [-0.05, 0) is 37.3 Å². The first-order chi connectivity index (χ1) is 12.2. The number of benzene rings is 2. The highest BCUT2D eigenvalue weighted by Gasteiger charge is 2.06. The number of nitrogens with zero attached hydrogens (tertiary/aromatic N) is 1. The topological polar surface area (TPSA) is 84.6 Å². The smallest absolute Gasteiger partial charge is 0.248 e. The van der Waals surface area contributed by atoms with Crippen LogP contribution in [-0.2, 0) is 11.4 Å². The van der Waals surface area contributed by atoms with Gasteiger partial charge in [-0.3, -0.25) is 4.79 Å². The first-order valence-corrected chi connectivity index (χ1v) is 7.91. The molecule has 128 valence electrons. The quantitative estimate of drug-likeness (QED) is 0.673. The van der Waals surface area contributed by atoms with Gasteiger partial charge in [0.15, 0.2) is 5.58 Å². The lowest BCUT2D eigenvalue weighted by molar-refractivity contribution is -0.111. The molecule has 0 saturated heterocycles. The number of hydrogen-bond donors (Lipinski definition) is 2. The van der Waals surface area contributed by atoms with Crippen molar-refractivity contribution in [3.8, 4) is 5.75 Å². The third-order valence-electron chi connectivity index (χ3n) is 3.49. The minimum absolute atomic E-state index is 0.169. The number of aliphatic hydroxyl groups is 1. The fourth-order valence-corrected chi connectivity index (χ4v) is 2.37. The molecule has 0 fully saturated rings. The molecule has 0 saturated carbocycles. The fourth-order valence-electron chi connectivity index (χ4n) is 2.37. The summed E-state index contributed by atoms with van der Waals surface area (Å²) in [6, 6.07) is 12.5. The van der Waals surface area contributed by atoms with Gasteiger partial charge in [-0.25, -0.2) is 4.98 Å². The van der Waals surface area contributed by atoms with Crippen molar-refractivity contribution >= 4 is 28.8 Å². The summed E-state index contributed by atoms with van der Waals surface area (Å²) in [6.07, 6.45) is 2.86. The number of nitrogens with one attached hydrogen (secondary N) is 1. The van der Waals surface area contributed by atoms with Gasteiger partial charge in [0, 0.05) is 23.4 Å². The Morgan fingerprint density at radius 3 is 2.92 bits per heavy atom. The molecule has 0 aliphatic rings. The molecule has 3 aromatic rings. The van der Waals surface area contributed by atoms with Crippen molar-refractivity contribution in [3.63, 3.8) is 0 Å². The summed E-state index contributed by atoms with van der Waals surface area (Å²) in [5.41, 5.74) is 2.59. The van der Waals surface area contributed by atoms with Gasteiger partial charge in [-0.2, -0.15) is 0 Å². The van der Waals surface area contributed by atoms with Crippen molar-refractivity contribution in [1.29, 1.82) is 0 Å². The molecule has 1 heterocycles. The van der Waals surface area contributed by atoms with E-state index >= 15 is 0 Å². The SMILES string of the molecule is CCOc1ccc(NC(=O)/C=C/c2nc3ccccc3o2)cc1CO. The average molecular weight is 338 g/mol. The summed E-state index contributed by atoms with van der Waals surface area (Å²) in [5.74, 6) is 0.638. The Bertz CT molecular complexity index is 882. The number of fused-ring (bicyclic) bond motifs is 1. The van der Waals surface area contributed by atoms with Crippen molar-refractivity contribution in [3.05, 3.63) is 60.0 Å². The van der Waals surface area contributed by atoms with Crippen molar-refractivity contribution in [1.82, 2.24) is 4.98 Å². The van der Waals surface area contributed by atoms with Gasteiger partial charge in [0.2, 0.25) is 11.8 Å². The Morgan fingerprint density at radius 1 is 1.32 bits per heavy atom. The second-order valence-corrected chi connectivity index (χ2v) is 5.26. The van der Waals surface area contributed by atoms with E-state index < -0.39 is 0 Å². The van der Waals surface area contributed by atoms with Crippen LogP contribution >= 0.6 is 0 Å². The predicted molar refractivity (Wildman–Crippen MR) is 95.2 cm³/mol. The second kappa shape index (κ2) is 7.63. The van der Waals surface area contributed by atoms with Crippen LogP contribution in [0.2, 0.25) is 0 Å². The number of anilines is 1. The maximum atomic E-state index is 12.1. The number of aliphatic hydroxyl groups excluding tert-OH is 1. The van der Waals surface area contributed by atoms with Crippen LogP contribution in [0.15, 0.2) is 53.0 Å². The number of oxazole rings is 1. The molecule has 6 nitrogen and oxygen atoms in total. The largest absolute Gasteiger partial charge is 0.494 e. The van der Waals surface area contributed by atoms with E-state index in [4.69, 9.17) is 9.15 Å². The zero-order valence-corrected chi connectivity index (χ0v) is 13.7. The molecule has 25 heavy (non-hydrogen) atoms. The van der Waals surface area contributed by atoms with Gasteiger partial charge < -0.3 is 19.6 Å². The van der Waals surface area contributed by atoms with E-state index in [0.29, 0.717) is 35.1 Å². The summed E-state index contributed by atoms with van der Waals surface area (Å²) in [6.45, 7) is 2.21. The van der Waals surface area contributed by atoms with Gasteiger partial charge in [0.1, 0.15) is 11.3 Å². The summed E-state index contributed by atoms with van der Waals surface area (Å²) in [4.78, 5) is 16.3. The zero-order chi connectivity index (χ0) is 17.6. The number of rotatable bonds is 6. The van der Waals surface area contributed by atoms with Gasteiger partial charge in [0.25, 0.3) is 0 Å². The van der Waals surface area contributed by atoms with E-state index in [1.54, 1.807) is 18.2 Å². The minimum Gasteiger partial charge on any atom is -0.494 e. The fraction of sp³-hybridized carbons (Fsp3) is 0.158. The summed E-state index contributed by atoms with van der Waals surface area (Å²) < 4.78 is 10.9. The predicted octanol–water partition coefficient (Wildman–Crippen LogP) is 3.37. The minimum atomic E-state index is -0.324. The van der Waals surface area contributed by atoms with Crippen molar-refractivity contribution < 1.29 is 19.1 Å². The monoisotopic (exact) mass is 338 g/mol. The molecule has 0 bridgehead atoms. The number of hydrogen-bond acceptors (Lipinski definition) is 5. The first-order valence-electron chi connectivity index (χ1n) is 7.91. The Hall–Kier alpha value is -3.12. The number of aromatic nitrogens is 1. The highest BCUT2D eigenvalue weighted by molar-refractivity contribution is 6.01. The second-order valence-electron chi connectivity index (χ2n) is 5.26. The highest BCUT2D eigenvalue weighted by atomic mass is 16.5. The molecule has 2 N–H and O–H groups in total. The van der Waals surface area contributed by atoms with E-state index in [9.17, 15) is 9.90 Å². The van der Waals surface area contributed by atoms with Crippen LogP contribution in [0.5, 0.6) is 5.75 Å². The lowest BCUT2D eigenvalue weighted by Gasteiger charge is -2.10. The first kappa shape index (κ1) is 16.7. The molecule has 0 spiro atoms. The van der Waals surface area contributed by atoms with E-state index in [-0.39, 0.29) is 12.5 Å². The number of amides is 1. The van der Waals surface area contributed by atoms with Crippen LogP contribution in [-0.4, -0.2) is 22.6 Å². The van der Waals surface area contributed by atoms with E-state index in [1.165, 1.54) is 12.2 Å². The third-order valence-corrected chi connectivity index (χ3v) is 3.49. The van der Waals surface area contributed by atoms with Crippen LogP contribution in [0.25, 0.3) is 17.2 Å². The Kier molecular flexibility index (Phi) is 5.11. The maximum absolute atomic E-state index is 12.1. The normalized spacial score (nSPS) is 11.1. The molecular formula is C19H18N2O4. The molecule has 6 heteroatoms. The number of para-hydroxylation sites is 2. The summed E-state index contributed by atoms with van der Waals surface area (Å²) in [7, 11) is 0. The van der Waals surface area contributed by atoms with E-state index in [2.05, 4.69) is 10.3 Å². The van der Waals surface area contributed by atoms with Crippen molar-refractivity contribution in [2.75, 3.05) is 11.9 Å². The summed E-state index contributed by atoms with van der Waals surface area (Å²) in [5, 5.41) is 12.1. The van der Waals surface area contributed by atoms with Crippen LogP contribution in [0, 0.1) is 0 Å². The molecule has 0 atom stereocenters. The molecule has 0 aliphatic heterocycles. The summed E-state index contributed by atoms with van der Waals surface area (Å²) >= 11 is 0. The average Bonchev–Trinajstić information content (AvgIpc) is 3.04. The van der Waals surface area contributed by atoms with Crippen LogP contribution < -0.4 is 10.1 Å². The molecule has 1 aromatic heterocycles. The maximum Gasteiger partial charge on any atom is 0.248 e. The standard InChI is InChI=1S/C19H18N2O4/c1-2-24-16-8-7-14(11-13(16)12-22)20-18(23)9-10-19-21-15-5-3-4-6-17(15)25-19/h3-11,22H,2,12H2,1H3,(H,20,23)/b10-9+. The molecule has 2 aromatic carbocycles. The Balaban J connectivity index is 1.69. The van der Waals surface area contributed by atoms with Gasteiger partial charge in [-0.1, -0.05) is 12.1 Å². The zero-order valence-electron chi connectivity index (χ0n) is 13.7. The van der Waals surface area contributed by atoms with E-state index in [0.717, 1.165) is 5.52 Å². The number of carbonyl (C=O) groups is 1. The van der Waals surface area contributed by atoms with Crippen molar-refractivity contribution in [2.45, 2.75) is 13.5 Å². The molecular weight excluding hydrogens is 320 g/mol. The van der Waals surface area contributed by atoms with Gasteiger partial charge in [-0.15, -0.1) is 0 Å². The Morgan fingerprint density at radius 2 is 2.16 bits per heavy atom. The van der Waals surface area contributed by atoms with E-state index in [1.807, 2.05) is 31.2 Å². The lowest BCUT2D eigenvalue weighted by atomic mass is 10.2.